The Morgan fingerprint density at radius 1 is 0.425 bits per heavy atom. The third-order valence-electron chi connectivity index (χ3n) is 16.3. The van der Waals surface area contributed by atoms with Gasteiger partial charge >= 0.3 is 0 Å². The Morgan fingerprint density at radius 2 is 0.650 bits per heavy atom. The molecule has 1 nitrogen and oxygen atoms in total. The van der Waals surface area contributed by atoms with E-state index in [1.807, 2.05) is 0 Å². The minimum absolute atomic E-state index is 0.742. The molecule has 0 atom stereocenters. The fourth-order valence-corrected chi connectivity index (χ4v) is 20.9. The predicted octanol–water partition coefficient (Wildman–Crippen LogP) is 10.8. The lowest BCUT2D eigenvalue weighted by Crippen LogP contribution is -2.50. The molecule has 0 aliphatic heterocycles. The van der Waals surface area contributed by atoms with Gasteiger partial charge in [-0.2, -0.15) is 0 Å². The molecule has 0 aromatic carbocycles. The number of hydrogen-bond donors (Lipinski definition) is 0. The van der Waals surface area contributed by atoms with E-state index in [9.17, 15) is 0 Å². The van der Waals surface area contributed by atoms with Gasteiger partial charge in [-0.1, -0.05) is 0 Å². The quantitative estimate of drug-likeness (QED) is 0.228. The molecule has 0 unspecified atom stereocenters. The molecule has 0 spiro atoms. The molecular weight excluding hydrogens is 501 g/mol. The minimum atomic E-state index is -1.75. The highest BCUT2D eigenvalue weighted by Gasteiger charge is 2.55. The van der Waals surface area contributed by atoms with Gasteiger partial charge in [-0.25, -0.2) is 0 Å². The van der Waals surface area contributed by atoms with Crippen molar-refractivity contribution in [2.75, 3.05) is 6.61 Å². The first-order chi connectivity index (χ1) is 19.4. The van der Waals surface area contributed by atoms with Crippen LogP contribution in [0.2, 0.25) is 18.1 Å². The molecule has 0 saturated heterocycles. The molecule has 12 bridgehead atoms. The van der Waals surface area contributed by atoms with Crippen molar-refractivity contribution in [2.24, 2.45) is 69.5 Å². The average Bonchev–Trinajstić information content (AvgIpc) is 2.88. The van der Waals surface area contributed by atoms with E-state index in [2.05, 4.69) is 6.92 Å². The van der Waals surface area contributed by atoms with Gasteiger partial charge in [0.1, 0.15) is 0 Å². The standard InChI is InChI=1S/C38H62OSi/c1-2-39-40(6-3-36-18-27-9-28(19-36)11-29(10-27)20-36,7-4-37-21-30-12-31(22-37)14-32(13-30)23-37)8-5-38-24-33-15-34(25-38)17-35(16-33)26-38/h27-35H,2-26H2,1H3. The van der Waals surface area contributed by atoms with Crippen molar-refractivity contribution in [2.45, 2.75) is 160 Å². The smallest absolute Gasteiger partial charge is 0.192 e. The van der Waals surface area contributed by atoms with Crippen LogP contribution in [-0.2, 0) is 4.43 Å². The first-order valence-electron chi connectivity index (χ1n) is 19.0. The molecule has 0 aromatic rings. The average molecular weight is 563 g/mol. The van der Waals surface area contributed by atoms with Crippen molar-refractivity contribution in [3.8, 4) is 0 Å². The van der Waals surface area contributed by atoms with E-state index in [-0.39, 0.29) is 0 Å². The van der Waals surface area contributed by atoms with Gasteiger partial charge in [-0.15, -0.1) is 0 Å². The summed E-state index contributed by atoms with van der Waals surface area (Å²) in [6, 6.07) is 4.64. The third kappa shape index (κ3) is 4.68. The van der Waals surface area contributed by atoms with Crippen LogP contribution in [0.4, 0.5) is 0 Å². The fourth-order valence-electron chi connectivity index (χ4n) is 16.2. The normalized spacial score (nSPS) is 54.4. The van der Waals surface area contributed by atoms with Crippen molar-refractivity contribution in [3.63, 3.8) is 0 Å². The highest BCUT2D eigenvalue weighted by molar-refractivity contribution is 6.73. The number of hydrogen-bond acceptors (Lipinski definition) is 1. The molecule has 12 aliphatic rings. The maximum absolute atomic E-state index is 7.36. The van der Waals surface area contributed by atoms with Crippen molar-refractivity contribution >= 4 is 8.32 Å². The molecule has 0 radical (unpaired) electrons. The highest BCUT2D eigenvalue weighted by atomic mass is 28.4. The van der Waals surface area contributed by atoms with E-state index >= 15 is 0 Å². The van der Waals surface area contributed by atoms with E-state index in [0.29, 0.717) is 0 Å². The largest absolute Gasteiger partial charge is 0.417 e. The molecule has 2 heteroatoms. The zero-order valence-electron chi connectivity index (χ0n) is 26.3. The molecule has 0 heterocycles. The monoisotopic (exact) mass is 562 g/mol. The second kappa shape index (κ2) is 9.59. The minimum Gasteiger partial charge on any atom is -0.417 e. The molecule has 12 saturated carbocycles. The summed E-state index contributed by atoms with van der Waals surface area (Å²) in [5, 5.41) is 0. The molecule has 224 valence electrons. The van der Waals surface area contributed by atoms with E-state index < -0.39 is 8.32 Å². The number of rotatable bonds is 11. The van der Waals surface area contributed by atoms with Gasteiger partial charge in [0.25, 0.3) is 0 Å². The SMILES string of the molecule is CCO[Si](CCC12CC3CC(CC(C3)C1)C2)(CCC12CC3CC(CC(C3)C1)C2)CCC12CC3CC(CC(C3)C1)C2. The molecule has 0 aromatic heterocycles. The first-order valence-corrected chi connectivity index (χ1v) is 21.6. The van der Waals surface area contributed by atoms with Crippen molar-refractivity contribution in [3.05, 3.63) is 0 Å². The summed E-state index contributed by atoms with van der Waals surface area (Å²) >= 11 is 0. The van der Waals surface area contributed by atoms with Crippen LogP contribution in [0.3, 0.4) is 0 Å². The van der Waals surface area contributed by atoms with Crippen molar-refractivity contribution in [1.29, 1.82) is 0 Å². The predicted molar refractivity (Wildman–Crippen MR) is 167 cm³/mol. The maximum Gasteiger partial charge on any atom is 0.192 e. The maximum atomic E-state index is 7.36. The Labute approximate surface area is 248 Å². The van der Waals surface area contributed by atoms with Crippen LogP contribution in [0, 0.1) is 69.5 Å². The molecule has 0 N–H and O–H groups in total. The molecule has 40 heavy (non-hydrogen) atoms. The molecule has 12 rings (SSSR count). The molecule has 0 amide bonds. The second-order valence-electron chi connectivity index (χ2n) is 19.4. The second-order valence-corrected chi connectivity index (χ2v) is 23.5. The Hall–Kier alpha value is 0.177. The highest BCUT2D eigenvalue weighted by Crippen LogP contribution is 2.65. The Morgan fingerprint density at radius 3 is 0.850 bits per heavy atom. The topological polar surface area (TPSA) is 9.23 Å². The van der Waals surface area contributed by atoms with Crippen LogP contribution in [0.15, 0.2) is 0 Å². The van der Waals surface area contributed by atoms with E-state index in [1.165, 1.54) is 0 Å². The van der Waals surface area contributed by atoms with Crippen LogP contribution < -0.4 is 0 Å². The molecule has 12 aliphatic carbocycles. The van der Waals surface area contributed by atoms with E-state index in [1.54, 1.807) is 153 Å². The van der Waals surface area contributed by atoms with Gasteiger partial charge < -0.3 is 4.43 Å². The Bertz CT molecular complexity index is 742. The Balaban J connectivity index is 0.961. The summed E-state index contributed by atoms with van der Waals surface area (Å²) in [5.41, 5.74) is 2.22. The summed E-state index contributed by atoms with van der Waals surface area (Å²) in [6.07, 6.45) is 33.6. The summed E-state index contributed by atoms with van der Waals surface area (Å²) in [6.45, 7) is 3.39. The zero-order chi connectivity index (χ0) is 26.6. The Kier molecular flexibility index (Phi) is 6.37. The van der Waals surface area contributed by atoms with E-state index in [0.717, 1.165) is 76.1 Å². The first kappa shape index (κ1) is 26.6. The van der Waals surface area contributed by atoms with Gasteiger partial charge in [0.15, 0.2) is 8.32 Å². The van der Waals surface area contributed by atoms with Crippen molar-refractivity contribution in [1.82, 2.24) is 0 Å². The lowest BCUT2D eigenvalue weighted by Gasteiger charge is -2.59. The van der Waals surface area contributed by atoms with Crippen LogP contribution in [0.5, 0.6) is 0 Å². The van der Waals surface area contributed by atoms with Gasteiger partial charge in [-0.3, -0.25) is 0 Å². The lowest BCUT2D eigenvalue weighted by molar-refractivity contribution is -0.0581. The third-order valence-corrected chi connectivity index (χ3v) is 20.7. The van der Waals surface area contributed by atoms with Crippen LogP contribution in [0.25, 0.3) is 0 Å². The van der Waals surface area contributed by atoms with Crippen LogP contribution >= 0.6 is 0 Å². The van der Waals surface area contributed by atoms with Gasteiger partial charge in [0, 0.05) is 6.61 Å². The van der Waals surface area contributed by atoms with E-state index in [4.69, 9.17) is 4.43 Å². The van der Waals surface area contributed by atoms with Crippen LogP contribution in [-0.4, -0.2) is 14.9 Å². The van der Waals surface area contributed by atoms with Gasteiger partial charge in [-0.05, 0) is 229 Å². The van der Waals surface area contributed by atoms with Crippen molar-refractivity contribution < 1.29 is 4.43 Å². The fraction of sp³-hybridized carbons (Fsp3) is 1.00. The van der Waals surface area contributed by atoms with Crippen LogP contribution in [0.1, 0.15) is 142 Å². The van der Waals surface area contributed by atoms with Gasteiger partial charge in [0.2, 0.25) is 0 Å². The summed E-state index contributed by atoms with van der Waals surface area (Å²) in [4.78, 5) is 0. The molecular formula is C38H62OSi. The summed E-state index contributed by atoms with van der Waals surface area (Å²) in [7, 11) is -1.75. The lowest BCUT2D eigenvalue weighted by atomic mass is 9.49. The zero-order valence-corrected chi connectivity index (χ0v) is 27.3. The van der Waals surface area contributed by atoms with Gasteiger partial charge in [0.05, 0.1) is 0 Å². The summed E-state index contributed by atoms with van der Waals surface area (Å²) in [5.74, 6) is 9.95. The summed E-state index contributed by atoms with van der Waals surface area (Å²) < 4.78 is 7.36. The molecule has 12 fully saturated rings.